The van der Waals surface area contributed by atoms with E-state index in [1.165, 1.54) is 12.8 Å². The fourth-order valence-electron chi connectivity index (χ4n) is 1.66. The monoisotopic (exact) mass is 214 g/mol. The van der Waals surface area contributed by atoms with E-state index in [9.17, 15) is 4.79 Å². The van der Waals surface area contributed by atoms with E-state index in [0.29, 0.717) is 6.61 Å². The Labute approximate surface area is 91.8 Å². The quantitative estimate of drug-likeness (QED) is 0.675. The summed E-state index contributed by atoms with van der Waals surface area (Å²) in [5.74, 6) is 0.751. The third-order valence-corrected chi connectivity index (χ3v) is 2.64. The molecule has 0 spiro atoms. The zero-order chi connectivity index (χ0) is 11.3. The Balaban J connectivity index is 2.40. The molecule has 1 rings (SSSR count). The maximum atomic E-state index is 11.9. The number of hydrogen-bond donors (Lipinski definition) is 1. The Bertz CT molecular complexity index is 205. The van der Waals surface area contributed by atoms with Gasteiger partial charge in [0.25, 0.3) is 0 Å². The largest absolute Gasteiger partial charge is 0.383 e. The number of rotatable bonds is 7. The first-order valence-corrected chi connectivity index (χ1v) is 5.72. The average Bonchev–Trinajstić information content (AvgIpc) is 3.00. The van der Waals surface area contributed by atoms with Crippen LogP contribution in [0, 0.1) is 5.92 Å². The standard InChI is InChI=1S/C11H22N2O2/c1-3-6-13(7-9-4-5-9)11(14)10(12)8-15-2/h9-10H,3-8,12H2,1-2H3. The predicted octanol–water partition coefficient (Wildman–Crippen LogP) is 0.609. The Morgan fingerprint density at radius 2 is 2.27 bits per heavy atom. The normalized spacial score (nSPS) is 17.5. The first kappa shape index (κ1) is 12.5. The summed E-state index contributed by atoms with van der Waals surface area (Å²) in [5.41, 5.74) is 5.74. The Morgan fingerprint density at radius 3 is 2.73 bits per heavy atom. The van der Waals surface area contributed by atoms with Crippen LogP contribution < -0.4 is 5.73 Å². The summed E-state index contributed by atoms with van der Waals surface area (Å²) in [6.45, 7) is 4.08. The lowest BCUT2D eigenvalue weighted by Gasteiger charge is -2.25. The molecular weight excluding hydrogens is 192 g/mol. The third-order valence-electron chi connectivity index (χ3n) is 2.64. The molecule has 88 valence electrons. The molecule has 4 nitrogen and oxygen atoms in total. The van der Waals surface area contributed by atoms with Crippen LogP contribution >= 0.6 is 0 Å². The number of carbonyl (C=O) groups excluding carboxylic acids is 1. The molecule has 0 radical (unpaired) electrons. The maximum Gasteiger partial charge on any atom is 0.241 e. The van der Waals surface area contributed by atoms with Gasteiger partial charge in [0, 0.05) is 20.2 Å². The van der Waals surface area contributed by atoms with E-state index in [4.69, 9.17) is 10.5 Å². The lowest BCUT2D eigenvalue weighted by Crippen LogP contribution is -2.47. The molecule has 1 amide bonds. The molecule has 4 heteroatoms. The van der Waals surface area contributed by atoms with E-state index < -0.39 is 6.04 Å². The minimum Gasteiger partial charge on any atom is -0.383 e. The highest BCUT2D eigenvalue weighted by Crippen LogP contribution is 2.29. The van der Waals surface area contributed by atoms with E-state index in [-0.39, 0.29) is 5.91 Å². The van der Waals surface area contributed by atoms with Crippen LogP contribution in [0.1, 0.15) is 26.2 Å². The second kappa shape index (κ2) is 6.08. The molecule has 1 fully saturated rings. The summed E-state index contributed by atoms with van der Waals surface area (Å²) in [4.78, 5) is 13.8. The topological polar surface area (TPSA) is 55.6 Å². The van der Waals surface area contributed by atoms with Gasteiger partial charge in [0.15, 0.2) is 0 Å². The summed E-state index contributed by atoms with van der Waals surface area (Å²) in [7, 11) is 1.57. The van der Waals surface area contributed by atoms with E-state index in [0.717, 1.165) is 25.4 Å². The Kier molecular flexibility index (Phi) is 5.05. The molecule has 0 aromatic heterocycles. The highest BCUT2D eigenvalue weighted by molar-refractivity contribution is 5.81. The van der Waals surface area contributed by atoms with E-state index in [2.05, 4.69) is 6.92 Å². The highest BCUT2D eigenvalue weighted by atomic mass is 16.5. The van der Waals surface area contributed by atoms with Crippen LogP contribution in [0.5, 0.6) is 0 Å². The number of nitrogens with zero attached hydrogens (tertiary/aromatic N) is 1. The van der Waals surface area contributed by atoms with E-state index >= 15 is 0 Å². The van der Waals surface area contributed by atoms with Crippen LogP contribution in [0.2, 0.25) is 0 Å². The summed E-state index contributed by atoms with van der Waals surface area (Å²) in [6, 6.07) is -0.500. The van der Waals surface area contributed by atoms with Gasteiger partial charge in [-0.05, 0) is 25.2 Å². The molecule has 1 unspecified atom stereocenters. The SMILES string of the molecule is CCCN(CC1CC1)C(=O)C(N)COC. The van der Waals surface area contributed by atoms with Crippen molar-refractivity contribution >= 4 is 5.91 Å². The van der Waals surface area contributed by atoms with Crippen molar-refractivity contribution in [3.05, 3.63) is 0 Å². The molecular formula is C11H22N2O2. The third kappa shape index (κ3) is 4.18. The molecule has 0 heterocycles. The molecule has 0 aromatic rings. The summed E-state index contributed by atoms with van der Waals surface area (Å²) in [6.07, 6.45) is 3.50. The molecule has 0 aliphatic heterocycles. The van der Waals surface area contributed by atoms with E-state index in [1.807, 2.05) is 4.90 Å². The van der Waals surface area contributed by atoms with Crippen LogP contribution in [0.4, 0.5) is 0 Å². The average molecular weight is 214 g/mol. The first-order valence-electron chi connectivity index (χ1n) is 5.72. The molecule has 2 N–H and O–H groups in total. The summed E-state index contributed by atoms with van der Waals surface area (Å²) >= 11 is 0. The van der Waals surface area contributed by atoms with Gasteiger partial charge in [-0.3, -0.25) is 4.79 Å². The molecule has 1 saturated carbocycles. The minimum absolute atomic E-state index is 0.0330. The van der Waals surface area contributed by atoms with Gasteiger partial charge in [0.1, 0.15) is 6.04 Å². The van der Waals surface area contributed by atoms with Crippen molar-refractivity contribution in [1.82, 2.24) is 4.90 Å². The van der Waals surface area contributed by atoms with Crippen molar-refractivity contribution in [2.45, 2.75) is 32.2 Å². The number of amides is 1. The molecule has 1 atom stereocenters. The van der Waals surface area contributed by atoms with Crippen LogP contribution in [-0.2, 0) is 9.53 Å². The summed E-state index contributed by atoms with van der Waals surface area (Å²) in [5, 5.41) is 0. The molecule has 0 bridgehead atoms. The van der Waals surface area contributed by atoms with Crippen molar-refractivity contribution in [3.8, 4) is 0 Å². The van der Waals surface area contributed by atoms with Crippen molar-refractivity contribution in [2.75, 3.05) is 26.8 Å². The van der Waals surface area contributed by atoms with Gasteiger partial charge in [-0.25, -0.2) is 0 Å². The zero-order valence-corrected chi connectivity index (χ0v) is 9.74. The molecule has 1 aliphatic rings. The maximum absolute atomic E-state index is 11.9. The number of methoxy groups -OCH3 is 1. The van der Waals surface area contributed by atoms with Gasteiger partial charge >= 0.3 is 0 Å². The second-order valence-electron chi connectivity index (χ2n) is 4.29. The minimum atomic E-state index is -0.500. The smallest absolute Gasteiger partial charge is 0.241 e. The van der Waals surface area contributed by atoms with Gasteiger partial charge in [-0.15, -0.1) is 0 Å². The van der Waals surface area contributed by atoms with E-state index in [1.54, 1.807) is 7.11 Å². The van der Waals surface area contributed by atoms with Crippen LogP contribution in [0.3, 0.4) is 0 Å². The van der Waals surface area contributed by atoms with Crippen molar-refractivity contribution in [1.29, 1.82) is 0 Å². The zero-order valence-electron chi connectivity index (χ0n) is 9.74. The molecule has 1 aliphatic carbocycles. The van der Waals surface area contributed by atoms with Gasteiger partial charge < -0.3 is 15.4 Å². The van der Waals surface area contributed by atoms with Gasteiger partial charge in [0.05, 0.1) is 6.61 Å². The number of ether oxygens (including phenoxy) is 1. The van der Waals surface area contributed by atoms with Gasteiger partial charge in [-0.1, -0.05) is 6.92 Å². The lowest BCUT2D eigenvalue weighted by atomic mass is 10.2. The highest BCUT2D eigenvalue weighted by Gasteiger charge is 2.28. The van der Waals surface area contributed by atoms with Gasteiger partial charge in [-0.2, -0.15) is 0 Å². The number of carbonyl (C=O) groups is 1. The number of nitrogens with two attached hydrogens (primary N) is 1. The molecule has 0 saturated heterocycles. The lowest BCUT2D eigenvalue weighted by molar-refractivity contribution is -0.134. The fraction of sp³-hybridized carbons (Fsp3) is 0.909. The van der Waals surface area contributed by atoms with Crippen molar-refractivity contribution < 1.29 is 9.53 Å². The molecule has 15 heavy (non-hydrogen) atoms. The Morgan fingerprint density at radius 1 is 1.60 bits per heavy atom. The fourth-order valence-corrected chi connectivity index (χ4v) is 1.66. The van der Waals surface area contributed by atoms with Crippen molar-refractivity contribution in [3.63, 3.8) is 0 Å². The Hall–Kier alpha value is -0.610. The van der Waals surface area contributed by atoms with Crippen LogP contribution in [0.25, 0.3) is 0 Å². The van der Waals surface area contributed by atoms with Crippen LogP contribution in [0.15, 0.2) is 0 Å². The van der Waals surface area contributed by atoms with Crippen LogP contribution in [-0.4, -0.2) is 43.7 Å². The second-order valence-corrected chi connectivity index (χ2v) is 4.29. The van der Waals surface area contributed by atoms with Gasteiger partial charge in [0.2, 0.25) is 5.91 Å². The predicted molar refractivity (Wildman–Crippen MR) is 59.4 cm³/mol. The number of hydrogen-bond acceptors (Lipinski definition) is 3. The molecule has 0 aromatic carbocycles. The summed E-state index contributed by atoms with van der Waals surface area (Å²) < 4.78 is 4.90. The first-order chi connectivity index (χ1) is 7.19. The van der Waals surface area contributed by atoms with Crippen molar-refractivity contribution in [2.24, 2.45) is 11.7 Å².